The molecule has 0 aliphatic carbocycles. The average molecular weight is 443 g/mol. The minimum atomic E-state index is 0.409. The third-order valence-electron chi connectivity index (χ3n) is 2.35. The molecule has 6 heteroatoms. The highest BCUT2D eigenvalue weighted by molar-refractivity contribution is 9.11. The Morgan fingerprint density at radius 1 is 1.29 bits per heavy atom. The summed E-state index contributed by atoms with van der Waals surface area (Å²) < 4.78 is 3.06. The summed E-state index contributed by atoms with van der Waals surface area (Å²) in [4.78, 5) is 4.60. The Bertz CT molecular complexity index is 439. The van der Waals surface area contributed by atoms with Gasteiger partial charge in [0.15, 0.2) is 5.17 Å². The number of thioether (sulfide) groups is 1. The maximum Gasteiger partial charge on any atom is 0.161 e. The smallest absolute Gasteiger partial charge is 0.161 e. The summed E-state index contributed by atoms with van der Waals surface area (Å²) in [6.07, 6.45) is 1.15. The van der Waals surface area contributed by atoms with Gasteiger partial charge < -0.3 is 5.32 Å². The number of halogens is 3. The van der Waals surface area contributed by atoms with Crippen LogP contribution in [0.4, 0.5) is 5.69 Å². The van der Waals surface area contributed by atoms with Gasteiger partial charge >= 0.3 is 0 Å². The molecule has 0 fully saturated rings. The molecule has 0 saturated carbocycles. The van der Waals surface area contributed by atoms with Crippen LogP contribution in [0.2, 0.25) is 0 Å². The first-order chi connectivity index (χ1) is 8.06. The summed E-state index contributed by atoms with van der Waals surface area (Å²) in [5, 5.41) is 4.37. The van der Waals surface area contributed by atoms with Gasteiger partial charge in [0.2, 0.25) is 0 Å². The van der Waals surface area contributed by atoms with Gasteiger partial charge in [-0.25, -0.2) is 0 Å². The zero-order valence-corrected chi connectivity index (χ0v) is 14.7. The number of nitrogens with zero attached hydrogens (tertiary/aromatic N) is 1. The second-order valence-electron chi connectivity index (χ2n) is 3.79. The van der Waals surface area contributed by atoms with Crippen LogP contribution < -0.4 is 5.32 Å². The van der Waals surface area contributed by atoms with E-state index in [-0.39, 0.29) is 0 Å². The molecule has 0 radical (unpaired) electrons. The van der Waals surface area contributed by atoms with Gasteiger partial charge in [-0.1, -0.05) is 27.7 Å². The SMILES string of the molecule is CC1CCSC(Nc2c(Br)cc(Br)cc2Br)=N1. The fourth-order valence-electron chi connectivity index (χ4n) is 1.47. The molecule has 92 valence electrons. The number of anilines is 1. The van der Waals surface area contributed by atoms with Crippen molar-refractivity contribution in [3.05, 3.63) is 25.6 Å². The highest BCUT2D eigenvalue weighted by Crippen LogP contribution is 2.35. The van der Waals surface area contributed by atoms with Crippen LogP contribution in [0, 0.1) is 0 Å². The van der Waals surface area contributed by atoms with Crippen LogP contribution in [0.25, 0.3) is 0 Å². The van der Waals surface area contributed by atoms with Crippen molar-refractivity contribution in [1.82, 2.24) is 0 Å². The topological polar surface area (TPSA) is 24.4 Å². The van der Waals surface area contributed by atoms with Crippen molar-refractivity contribution in [2.75, 3.05) is 11.1 Å². The Hall–Kier alpha value is 0.480. The molecule has 0 aromatic heterocycles. The van der Waals surface area contributed by atoms with Crippen LogP contribution >= 0.6 is 59.6 Å². The molecule has 1 atom stereocenters. The predicted molar refractivity (Wildman–Crippen MR) is 87.1 cm³/mol. The Balaban J connectivity index is 2.24. The Kier molecular flexibility index (Phi) is 4.97. The summed E-state index contributed by atoms with van der Waals surface area (Å²) in [6, 6.07) is 4.45. The molecule has 1 aliphatic rings. The molecule has 1 aromatic rings. The van der Waals surface area contributed by atoms with Crippen LogP contribution in [0.3, 0.4) is 0 Å². The second kappa shape index (κ2) is 6.08. The van der Waals surface area contributed by atoms with E-state index in [0.29, 0.717) is 6.04 Å². The Morgan fingerprint density at radius 3 is 2.53 bits per heavy atom. The van der Waals surface area contributed by atoms with Crippen molar-refractivity contribution >= 4 is 70.4 Å². The molecule has 0 amide bonds. The zero-order valence-electron chi connectivity index (χ0n) is 9.14. The molecule has 0 saturated heterocycles. The van der Waals surface area contributed by atoms with Crippen LogP contribution in [0.15, 0.2) is 30.5 Å². The van der Waals surface area contributed by atoms with E-state index >= 15 is 0 Å². The molecule has 1 aromatic carbocycles. The number of rotatable bonds is 1. The third-order valence-corrected chi connectivity index (χ3v) is 4.98. The summed E-state index contributed by atoms with van der Waals surface area (Å²) >= 11 is 12.3. The lowest BCUT2D eigenvalue weighted by Gasteiger charge is -2.19. The standard InChI is InChI=1S/C11H11Br3N2S/c1-6-2-3-17-11(15-6)16-10-8(13)4-7(12)5-9(10)14/h4-6H,2-3H2,1H3,(H,15,16). The molecule has 0 spiro atoms. The predicted octanol–water partition coefficient (Wildman–Crippen LogP) is 5.27. The van der Waals surface area contributed by atoms with Gasteiger partial charge in [-0.05, 0) is 57.3 Å². The Labute approximate surface area is 130 Å². The van der Waals surface area contributed by atoms with Gasteiger partial charge in [0.25, 0.3) is 0 Å². The summed E-state index contributed by atoms with van der Waals surface area (Å²) in [7, 11) is 0. The minimum Gasteiger partial charge on any atom is -0.333 e. The van der Waals surface area contributed by atoms with E-state index in [1.165, 1.54) is 0 Å². The number of nitrogens with one attached hydrogen (secondary N) is 1. The van der Waals surface area contributed by atoms with E-state index in [2.05, 4.69) is 65.0 Å². The number of amidine groups is 1. The molecule has 2 nitrogen and oxygen atoms in total. The Morgan fingerprint density at radius 2 is 1.94 bits per heavy atom. The quantitative estimate of drug-likeness (QED) is 0.640. The van der Waals surface area contributed by atoms with Gasteiger partial charge in [0.05, 0.1) is 11.7 Å². The first-order valence-corrected chi connectivity index (χ1v) is 8.55. The van der Waals surface area contributed by atoms with Gasteiger partial charge in [-0.3, -0.25) is 4.99 Å². The fourth-order valence-corrected chi connectivity index (χ4v) is 5.00. The molecule has 1 aliphatic heterocycles. The molecule has 2 rings (SSSR count). The molecular weight excluding hydrogens is 432 g/mol. The van der Waals surface area contributed by atoms with Crippen molar-refractivity contribution < 1.29 is 0 Å². The number of benzene rings is 1. The van der Waals surface area contributed by atoms with Crippen molar-refractivity contribution in [3.8, 4) is 0 Å². The third kappa shape index (κ3) is 3.72. The lowest BCUT2D eigenvalue weighted by molar-refractivity contribution is 0.720. The van der Waals surface area contributed by atoms with Crippen molar-refractivity contribution in [1.29, 1.82) is 0 Å². The van der Waals surface area contributed by atoms with Crippen molar-refractivity contribution in [2.24, 2.45) is 4.99 Å². The number of hydrogen-bond donors (Lipinski definition) is 1. The molecule has 1 N–H and O–H groups in total. The van der Waals surface area contributed by atoms with Crippen LogP contribution in [0.1, 0.15) is 13.3 Å². The molecule has 0 bridgehead atoms. The first kappa shape index (κ1) is 13.9. The number of aliphatic imine (C=N–C) groups is 1. The molecule has 17 heavy (non-hydrogen) atoms. The monoisotopic (exact) mass is 440 g/mol. The lowest BCUT2D eigenvalue weighted by atomic mass is 10.3. The maximum atomic E-state index is 4.60. The lowest BCUT2D eigenvalue weighted by Crippen LogP contribution is -2.18. The van der Waals surface area contributed by atoms with Gasteiger partial charge in [-0.2, -0.15) is 0 Å². The second-order valence-corrected chi connectivity index (χ2v) is 7.50. The van der Waals surface area contributed by atoms with Crippen LogP contribution in [-0.4, -0.2) is 17.0 Å². The van der Waals surface area contributed by atoms with Crippen molar-refractivity contribution in [3.63, 3.8) is 0 Å². The maximum absolute atomic E-state index is 4.60. The van der Waals surface area contributed by atoms with E-state index < -0.39 is 0 Å². The largest absolute Gasteiger partial charge is 0.333 e. The summed E-state index contributed by atoms with van der Waals surface area (Å²) in [5.74, 6) is 1.12. The van der Waals surface area contributed by atoms with Crippen molar-refractivity contribution in [2.45, 2.75) is 19.4 Å². The normalized spacial score (nSPS) is 20.0. The van der Waals surface area contributed by atoms with E-state index in [4.69, 9.17) is 0 Å². The molecular formula is C11H11Br3N2S. The van der Waals surface area contributed by atoms with Crippen LogP contribution in [-0.2, 0) is 0 Å². The van der Waals surface area contributed by atoms with E-state index in [1.54, 1.807) is 11.8 Å². The summed E-state index contributed by atoms with van der Waals surface area (Å²) in [5.41, 5.74) is 1.02. The average Bonchev–Trinajstić information content (AvgIpc) is 2.23. The number of hydrogen-bond acceptors (Lipinski definition) is 3. The first-order valence-electron chi connectivity index (χ1n) is 5.18. The van der Waals surface area contributed by atoms with Gasteiger partial charge in [-0.15, -0.1) is 0 Å². The van der Waals surface area contributed by atoms with E-state index in [1.807, 2.05) is 12.1 Å². The van der Waals surface area contributed by atoms with E-state index in [9.17, 15) is 0 Å². The minimum absolute atomic E-state index is 0.409. The highest BCUT2D eigenvalue weighted by atomic mass is 79.9. The van der Waals surface area contributed by atoms with Crippen LogP contribution in [0.5, 0.6) is 0 Å². The zero-order chi connectivity index (χ0) is 12.4. The fraction of sp³-hybridized carbons (Fsp3) is 0.364. The van der Waals surface area contributed by atoms with Gasteiger partial charge in [0, 0.05) is 19.2 Å². The van der Waals surface area contributed by atoms with E-state index in [0.717, 1.165) is 36.4 Å². The van der Waals surface area contributed by atoms with Gasteiger partial charge in [0.1, 0.15) is 0 Å². The highest BCUT2D eigenvalue weighted by Gasteiger charge is 2.14. The molecule has 1 unspecified atom stereocenters. The molecule has 1 heterocycles. The summed E-state index contributed by atoms with van der Waals surface area (Å²) in [6.45, 7) is 2.15.